The molecule has 0 atom stereocenters. The van der Waals surface area contributed by atoms with E-state index in [9.17, 15) is 43.5 Å². The van der Waals surface area contributed by atoms with Crippen LogP contribution in [-0.4, -0.2) is 144 Å². The minimum Gasteiger partial charge on any atom is -0.469 e. The Kier molecular flexibility index (Phi) is 23.6. The van der Waals surface area contributed by atoms with Gasteiger partial charge in [-0.05, 0) is 76.2 Å². The number of hydrogen-bond donors (Lipinski definition) is 5. The Morgan fingerprint density at radius 1 is 0.447 bits per heavy atom. The van der Waals surface area contributed by atoms with Crippen LogP contribution in [0.15, 0.2) is 6.20 Å². The predicted molar refractivity (Wildman–Crippen MR) is 278 cm³/mol. The van der Waals surface area contributed by atoms with E-state index in [1.807, 2.05) is 10.9 Å². The fraction of sp³-hybridized carbons (Fsp3) is 0.547. The number of rotatable bonds is 31. The van der Waals surface area contributed by atoms with Crippen LogP contribution in [0.1, 0.15) is 110 Å². The third kappa shape index (κ3) is 17.2. The SMILES string of the molecule is COC(=O)CCc1cn(NCC[Si](C)(C)C)c(Cc2[nH]c(Cc3[nH]c(Cc4[nH]c(CO)c(CC(=O)OC)c4CCC(=O)OC)c(CC(=O)OC)c3CCC(=O)OC)c(CC(=O)OC)c2CCC(=O)OC)c1CC(=O)OC. The maximum Gasteiger partial charge on any atom is 0.310 e. The minimum absolute atomic E-state index is 0.0342. The zero-order valence-electron chi connectivity index (χ0n) is 45.7. The average Bonchev–Trinajstić information content (AvgIpc) is 4.11. The first kappa shape index (κ1) is 61.4. The molecule has 4 aromatic heterocycles. The molecule has 4 aromatic rings. The smallest absolute Gasteiger partial charge is 0.310 e. The van der Waals surface area contributed by atoms with E-state index >= 15 is 0 Å². The Labute approximate surface area is 443 Å². The van der Waals surface area contributed by atoms with Gasteiger partial charge in [-0.15, -0.1) is 0 Å². The third-order valence-electron chi connectivity index (χ3n) is 13.3. The molecule has 23 heteroatoms. The molecule has 4 rings (SSSR count). The van der Waals surface area contributed by atoms with Gasteiger partial charge in [0.05, 0.1) is 89.2 Å². The molecule has 0 spiro atoms. The fourth-order valence-corrected chi connectivity index (χ4v) is 10.1. The lowest BCUT2D eigenvalue weighted by Gasteiger charge is -2.19. The van der Waals surface area contributed by atoms with Crippen LogP contribution < -0.4 is 5.43 Å². The summed E-state index contributed by atoms with van der Waals surface area (Å²) >= 11 is 0. The number of carbonyl (C=O) groups is 8. The number of H-pyrrole nitrogens is 3. The van der Waals surface area contributed by atoms with Crippen LogP contribution >= 0.6 is 0 Å². The van der Waals surface area contributed by atoms with Gasteiger partial charge >= 0.3 is 47.8 Å². The van der Waals surface area contributed by atoms with Crippen LogP contribution in [0.4, 0.5) is 0 Å². The Bertz CT molecular complexity index is 2700. The highest BCUT2D eigenvalue weighted by Crippen LogP contribution is 2.34. The van der Waals surface area contributed by atoms with E-state index in [2.05, 4.69) is 40.0 Å². The molecule has 0 aliphatic carbocycles. The molecule has 0 amide bonds. The normalized spacial score (nSPS) is 11.2. The third-order valence-corrected chi connectivity index (χ3v) is 15.1. The monoisotopic (exact) mass is 1080 g/mol. The maximum absolute atomic E-state index is 13.5. The summed E-state index contributed by atoms with van der Waals surface area (Å²) in [5, 5.41) is 10.5. The Morgan fingerprint density at radius 2 is 0.763 bits per heavy atom. The largest absolute Gasteiger partial charge is 0.469 e. The zero-order chi connectivity index (χ0) is 56.3. The number of ether oxygens (including phenoxy) is 8. The lowest BCUT2D eigenvalue weighted by atomic mass is 9.94. The highest BCUT2D eigenvalue weighted by molar-refractivity contribution is 6.76. The van der Waals surface area contributed by atoms with E-state index in [0.717, 1.165) is 6.04 Å². The molecule has 0 aliphatic rings. The number of methoxy groups -OCH3 is 8. The van der Waals surface area contributed by atoms with Crippen LogP contribution in [-0.2, 0) is 153 Å². The Morgan fingerprint density at radius 3 is 1.12 bits per heavy atom. The number of aliphatic hydroxyl groups excluding tert-OH is 1. The quantitative estimate of drug-likeness (QED) is 0.0271. The van der Waals surface area contributed by atoms with Gasteiger partial charge in [0.2, 0.25) is 0 Å². The molecular weight excluding hydrogens is 1010 g/mol. The molecular formula is C53H75N5O17Si. The van der Waals surface area contributed by atoms with Crippen LogP contribution in [0.3, 0.4) is 0 Å². The van der Waals surface area contributed by atoms with Gasteiger partial charge < -0.3 is 63.4 Å². The lowest BCUT2D eigenvalue weighted by Crippen LogP contribution is -2.27. The number of aryl methyl sites for hydroxylation is 1. The van der Waals surface area contributed by atoms with Gasteiger partial charge in [-0.25, -0.2) is 0 Å². The second-order valence-electron chi connectivity index (χ2n) is 19.3. The van der Waals surface area contributed by atoms with E-state index in [-0.39, 0.29) is 96.3 Å². The van der Waals surface area contributed by atoms with Crippen molar-refractivity contribution in [2.45, 2.75) is 129 Å². The first-order chi connectivity index (χ1) is 36.2. The molecule has 0 bridgehead atoms. The topological polar surface area (TPSA) is 295 Å². The van der Waals surface area contributed by atoms with Crippen molar-refractivity contribution in [2.75, 3.05) is 68.8 Å². The number of aliphatic hydroxyl groups is 1. The van der Waals surface area contributed by atoms with E-state index < -0.39 is 62.4 Å². The summed E-state index contributed by atoms with van der Waals surface area (Å²) in [6.07, 6.45) is 1.54. The molecule has 5 N–H and O–H groups in total. The molecule has 0 saturated heterocycles. The number of nitrogens with one attached hydrogen (secondary N) is 4. The summed E-state index contributed by atoms with van der Waals surface area (Å²) in [6, 6.07) is 0.902. The van der Waals surface area contributed by atoms with E-state index in [1.54, 1.807) is 0 Å². The first-order valence-corrected chi connectivity index (χ1v) is 28.6. The summed E-state index contributed by atoms with van der Waals surface area (Å²) in [6.45, 7) is 6.86. The summed E-state index contributed by atoms with van der Waals surface area (Å²) in [4.78, 5) is 114. The summed E-state index contributed by atoms with van der Waals surface area (Å²) in [5.41, 5.74) is 11.6. The van der Waals surface area contributed by atoms with Gasteiger partial charge in [0.1, 0.15) is 0 Å². The second-order valence-corrected chi connectivity index (χ2v) is 24.9. The molecule has 76 heavy (non-hydrogen) atoms. The molecule has 0 aromatic carbocycles. The summed E-state index contributed by atoms with van der Waals surface area (Å²) in [7, 11) is 8.59. The van der Waals surface area contributed by atoms with Crippen LogP contribution in [0.25, 0.3) is 0 Å². The van der Waals surface area contributed by atoms with Gasteiger partial charge in [0.15, 0.2) is 0 Å². The molecule has 0 fully saturated rings. The molecule has 0 aliphatic heterocycles. The molecule has 4 heterocycles. The number of nitrogens with zero attached hydrogens (tertiary/aromatic N) is 1. The molecule has 22 nitrogen and oxygen atoms in total. The number of aromatic amines is 3. The zero-order valence-corrected chi connectivity index (χ0v) is 46.7. The average molecular weight is 1080 g/mol. The standard InChI is InChI=1S/C53H75N5O17Si/c1-68-46(60)16-12-31-29-58(54-20-21-76(9,10)11)45(35(31)22-50(64)72-5)28-43-33(14-18-48(62)70-3)37(24-52(66)74-7)42(56-43)26-39-32(13-17-47(61)69-2)36(23-51(65)73-6)41(55-39)27-40-34(15-19-49(63)71-4)38(25-53(67)75-8)44(30-59)57-40/h29,54-57,59H,12-28,30H2,1-11H3. The number of aromatic nitrogens is 4. The molecule has 0 saturated carbocycles. The summed E-state index contributed by atoms with van der Waals surface area (Å²) in [5.74, 6) is -4.26. The van der Waals surface area contributed by atoms with E-state index in [1.165, 1.54) is 56.9 Å². The molecule has 0 radical (unpaired) electrons. The van der Waals surface area contributed by atoms with E-state index in [4.69, 9.17) is 37.9 Å². The van der Waals surface area contributed by atoms with Gasteiger partial charge in [0, 0.05) is 106 Å². The second kappa shape index (κ2) is 29.2. The van der Waals surface area contributed by atoms with E-state index in [0.29, 0.717) is 90.9 Å². The van der Waals surface area contributed by atoms with Crippen molar-refractivity contribution in [1.29, 1.82) is 0 Å². The fourth-order valence-electron chi connectivity index (χ4n) is 9.20. The lowest BCUT2D eigenvalue weighted by molar-refractivity contribution is -0.141. The summed E-state index contributed by atoms with van der Waals surface area (Å²) < 4.78 is 42.4. The first-order valence-electron chi connectivity index (χ1n) is 24.9. The Balaban J connectivity index is 2.08. The number of esters is 8. The van der Waals surface area contributed by atoms with Crippen molar-refractivity contribution in [3.05, 3.63) is 90.6 Å². The van der Waals surface area contributed by atoms with Gasteiger partial charge in [-0.3, -0.25) is 43.0 Å². The van der Waals surface area contributed by atoms with Crippen molar-refractivity contribution < 1.29 is 81.4 Å². The van der Waals surface area contributed by atoms with Crippen molar-refractivity contribution in [2.24, 2.45) is 0 Å². The Hall–Kier alpha value is -7.14. The maximum atomic E-state index is 13.5. The van der Waals surface area contributed by atoms with Crippen LogP contribution in [0.2, 0.25) is 25.7 Å². The van der Waals surface area contributed by atoms with Gasteiger partial charge in [-0.2, -0.15) is 0 Å². The molecule has 0 unspecified atom stereocenters. The predicted octanol–water partition coefficient (Wildman–Crippen LogP) is 3.90. The minimum atomic E-state index is -1.55. The van der Waals surface area contributed by atoms with Gasteiger partial charge in [-0.1, -0.05) is 19.6 Å². The number of hydrogen-bond acceptors (Lipinski definition) is 18. The van der Waals surface area contributed by atoms with Crippen LogP contribution in [0.5, 0.6) is 0 Å². The van der Waals surface area contributed by atoms with Crippen molar-refractivity contribution in [3.63, 3.8) is 0 Å². The van der Waals surface area contributed by atoms with Crippen LogP contribution in [0, 0.1) is 0 Å². The highest BCUT2D eigenvalue weighted by Gasteiger charge is 2.30. The van der Waals surface area contributed by atoms with Crippen molar-refractivity contribution in [3.8, 4) is 0 Å². The van der Waals surface area contributed by atoms with Crippen molar-refractivity contribution in [1.82, 2.24) is 19.6 Å². The van der Waals surface area contributed by atoms with Gasteiger partial charge in [0.25, 0.3) is 0 Å². The highest BCUT2D eigenvalue weighted by atomic mass is 28.3. The number of carbonyl (C=O) groups excluding carboxylic acids is 8. The van der Waals surface area contributed by atoms with Crippen molar-refractivity contribution >= 4 is 55.8 Å². The molecule has 418 valence electrons.